The molecule has 2 fully saturated rings. The molecule has 0 radical (unpaired) electrons. The molecule has 2 aliphatic heterocycles. The smallest absolute Gasteiger partial charge is 0.224 e. The second kappa shape index (κ2) is 6.53. The molecule has 2 aromatic heterocycles. The monoisotopic (exact) mass is 364 g/mol. The Kier molecular flexibility index (Phi) is 4.36. The second-order valence-corrected chi connectivity index (χ2v) is 9.40. The lowest BCUT2D eigenvalue weighted by Gasteiger charge is -2.39. The summed E-state index contributed by atoms with van der Waals surface area (Å²) in [5.74, 6) is 1.33. The van der Waals surface area contributed by atoms with Gasteiger partial charge in [-0.15, -0.1) is 0 Å². The van der Waals surface area contributed by atoms with Crippen molar-refractivity contribution in [2.24, 2.45) is 7.05 Å². The Morgan fingerprint density at radius 2 is 1.84 bits per heavy atom. The molecule has 0 unspecified atom stereocenters. The van der Waals surface area contributed by atoms with Crippen molar-refractivity contribution in [2.45, 2.75) is 37.8 Å². The van der Waals surface area contributed by atoms with Crippen molar-refractivity contribution >= 4 is 26.9 Å². The molecule has 0 bridgehead atoms. The zero-order valence-electron chi connectivity index (χ0n) is 14.4. The zero-order valence-corrected chi connectivity index (χ0v) is 15.2. The molecule has 9 heteroatoms. The number of fused-ring (bicyclic) bond motifs is 1. The van der Waals surface area contributed by atoms with E-state index < -0.39 is 9.84 Å². The van der Waals surface area contributed by atoms with Crippen molar-refractivity contribution in [2.75, 3.05) is 29.9 Å². The molecule has 2 aliphatic rings. The van der Waals surface area contributed by atoms with Gasteiger partial charge >= 0.3 is 0 Å². The molecule has 2 aromatic rings. The van der Waals surface area contributed by atoms with Crippen molar-refractivity contribution in [3.05, 3.63) is 12.5 Å². The first-order valence-electron chi connectivity index (χ1n) is 8.85. The van der Waals surface area contributed by atoms with Crippen LogP contribution >= 0.6 is 0 Å². The van der Waals surface area contributed by atoms with Crippen LogP contribution in [-0.4, -0.2) is 69.5 Å². The Balaban J connectivity index is 1.33. The Labute approximate surface area is 147 Å². The van der Waals surface area contributed by atoms with Crippen LogP contribution in [0.2, 0.25) is 0 Å². The molecule has 0 spiro atoms. The summed E-state index contributed by atoms with van der Waals surface area (Å²) in [5.41, 5.74) is 1.63. The van der Waals surface area contributed by atoms with Crippen LogP contribution in [0, 0.1) is 0 Å². The molecule has 0 saturated carbocycles. The fraction of sp³-hybridized carbons (Fsp3) is 0.688. The highest BCUT2D eigenvalue weighted by molar-refractivity contribution is 7.91. The lowest BCUT2D eigenvalue weighted by Crippen LogP contribution is -2.47. The molecule has 1 N–H and O–H groups in total. The number of hydrogen-bond donors (Lipinski definition) is 1. The fourth-order valence-corrected chi connectivity index (χ4v) is 5.29. The first kappa shape index (κ1) is 16.7. The number of likely N-dealkylation sites (tertiary alicyclic amines) is 1. The van der Waals surface area contributed by atoms with Gasteiger partial charge in [0.05, 0.1) is 24.0 Å². The largest absolute Gasteiger partial charge is 0.351 e. The van der Waals surface area contributed by atoms with E-state index in [1.807, 2.05) is 11.6 Å². The van der Waals surface area contributed by atoms with Crippen LogP contribution in [0.4, 0.5) is 5.95 Å². The van der Waals surface area contributed by atoms with Crippen LogP contribution in [0.3, 0.4) is 0 Å². The van der Waals surface area contributed by atoms with Gasteiger partial charge in [-0.3, -0.25) is 0 Å². The minimum atomic E-state index is -2.79. The molecule has 136 valence electrons. The highest BCUT2D eigenvalue weighted by atomic mass is 32.2. The average Bonchev–Trinajstić information content (AvgIpc) is 2.97. The van der Waals surface area contributed by atoms with Crippen LogP contribution in [0.1, 0.15) is 25.7 Å². The van der Waals surface area contributed by atoms with Gasteiger partial charge in [0.25, 0.3) is 0 Å². The van der Waals surface area contributed by atoms with Gasteiger partial charge in [-0.2, -0.15) is 4.98 Å². The summed E-state index contributed by atoms with van der Waals surface area (Å²) in [6.45, 7) is 1.99. The SMILES string of the molecule is Cn1cnc2cnc(NC3CCN(C4CCS(=O)(=O)CC4)CC3)nc21. The molecule has 0 atom stereocenters. The maximum absolute atomic E-state index is 11.6. The van der Waals surface area contributed by atoms with Crippen LogP contribution in [-0.2, 0) is 16.9 Å². The normalized spacial score (nSPS) is 23.1. The maximum atomic E-state index is 11.6. The van der Waals surface area contributed by atoms with E-state index in [1.54, 1.807) is 12.5 Å². The molecule has 8 nitrogen and oxygen atoms in total. The molecular formula is C16H24N6O2S. The number of imidazole rings is 1. The predicted octanol–water partition coefficient (Wildman–Crippen LogP) is 0.817. The summed E-state index contributed by atoms with van der Waals surface area (Å²) in [4.78, 5) is 15.6. The lowest BCUT2D eigenvalue weighted by atomic mass is 10.0. The third-order valence-corrected chi connectivity index (χ3v) is 7.07. The second-order valence-electron chi connectivity index (χ2n) is 7.10. The highest BCUT2D eigenvalue weighted by Crippen LogP contribution is 2.23. The van der Waals surface area contributed by atoms with E-state index in [0.29, 0.717) is 29.5 Å². The van der Waals surface area contributed by atoms with Crippen LogP contribution in [0.25, 0.3) is 11.2 Å². The highest BCUT2D eigenvalue weighted by Gasteiger charge is 2.30. The summed E-state index contributed by atoms with van der Waals surface area (Å²) in [6.07, 6.45) is 7.10. The number of aromatic nitrogens is 4. The number of aryl methyl sites for hydroxylation is 1. The molecule has 0 aliphatic carbocycles. The first-order chi connectivity index (χ1) is 12.0. The zero-order chi connectivity index (χ0) is 17.4. The number of nitrogens with zero attached hydrogens (tertiary/aromatic N) is 5. The summed E-state index contributed by atoms with van der Waals surface area (Å²) in [7, 11) is -0.860. The fourth-order valence-electron chi connectivity index (χ4n) is 3.82. The van der Waals surface area contributed by atoms with E-state index in [2.05, 4.69) is 25.2 Å². The molecule has 25 heavy (non-hydrogen) atoms. The van der Waals surface area contributed by atoms with Crippen molar-refractivity contribution in [3.63, 3.8) is 0 Å². The van der Waals surface area contributed by atoms with E-state index in [9.17, 15) is 8.42 Å². The van der Waals surface area contributed by atoms with Crippen LogP contribution in [0.15, 0.2) is 12.5 Å². The van der Waals surface area contributed by atoms with Gasteiger partial charge in [-0.1, -0.05) is 0 Å². The predicted molar refractivity (Wildman–Crippen MR) is 96.2 cm³/mol. The van der Waals surface area contributed by atoms with Gasteiger partial charge in [0.1, 0.15) is 15.4 Å². The molecule has 4 heterocycles. The third kappa shape index (κ3) is 3.62. The number of sulfone groups is 1. The quantitative estimate of drug-likeness (QED) is 0.862. The average molecular weight is 364 g/mol. The van der Waals surface area contributed by atoms with Gasteiger partial charge in [-0.05, 0) is 25.7 Å². The van der Waals surface area contributed by atoms with Gasteiger partial charge in [-0.25, -0.2) is 18.4 Å². The molecule has 0 amide bonds. The van der Waals surface area contributed by atoms with Gasteiger partial charge < -0.3 is 14.8 Å². The standard InChI is InChI=1S/C16H24N6O2S/c1-21-11-18-14-10-17-16(20-15(14)21)19-12-2-6-22(7-3-12)13-4-8-25(23,24)9-5-13/h10-13H,2-9H2,1H3,(H,17,19,20). The Bertz CT molecular complexity index is 843. The molecule has 2 saturated heterocycles. The number of rotatable bonds is 3. The van der Waals surface area contributed by atoms with Crippen molar-refractivity contribution < 1.29 is 8.42 Å². The summed E-state index contributed by atoms with van der Waals surface area (Å²) in [6, 6.07) is 0.778. The van der Waals surface area contributed by atoms with E-state index >= 15 is 0 Å². The summed E-state index contributed by atoms with van der Waals surface area (Å²) in [5, 5.41) is 3.44. The summed E-state index contributed by atoms with van der Waals surface area (Å²) >= 11 is 0. The van der Waals surface area contributed by atoms with Crippen LogP contribution < -0.4 is 5.32 Å². The van der Waals surface area contributed by atoms with E-state index in [4.69, 9.17) is 0 Å². The third-order valence-electron chi connectivity index (χ3n) is 5.36. The molecule has 4 rings (SSSR count). The maximum Gasteiger partial charge on any atom is 0.224 e. The first-order valence-corrected chi connectivity index (χ1v) is 10.7. The van der Waals surface area contributed by atoms with Crippen LogP contribution in [0.5, 0.6) is 0 Å². The van der Waals surface area contributed by atoms with Crippen molar-refractivity contribution in [3.8, 4) is 0 Å². The van der Waals surface area contributed by atoms with Gasteiger partial charge in [0.2, 0.25) is 5.95 Å². The number of anilines is 1. The van der Waals surface area contributed by atoms with Gasteiger partial charge in [0, 0.05) is 32.2 Å². The molecule has 0 aromatic carbocycles. The van der Waals surface area contributed by atoms with Gasteiger partial charge in [0.15, 0.2) is 5.65 Å². The minimum Gasteiger partial charge on any atom is -0.351 e. The van der Waals surface area contributed by atoms with Crippen molar-refractivity contribution in [1.29, 1.82) is 0 Å². The van der Waals surface area contributed by atoms with E-state index in [0.717, 1.165) is 49.9 Å². The Morgan fingerprint density at radius 3 is 2.56 bits per heavy atom. The number of nitrogens with one attached hydrogen (secondary N) is 1. The number of hydrogen-bond acceptors (Lipinski definition) is 7. The Hall–Kier alpha value is -1.74. The van der Waals surface area contributed by atoms with E-state index in [-0.39, 0.29) is 0 Å². The summed E-state index contributed by atoms with van der Waals surface area (Å²) < 4.78 is 25.1. The number of piperidine rings is 1. The Morgan fingerprint density at radius 1 is 1.12 bits per heavy atom. The minimum absolute atomic E-state index is 0.342. The van der Waals surface area contributed by atoms with Crippen molar-refractivity contribution in [1.82, 2.24) is 24.4 Å². The lowest BCUT2D eigenvalue weighted by molar-refractivity contribution is 0.147. The van der Waals surface area contributed by atoms with E-state index in [1.165, 1.54) is 0 Å². The molecular weight excluding hydrogens is 340 g/mol. The topological polar surface area (TPSA) is 93.0 Å².